The zero-order chi connectivity index (χ0) is 26.9. The molecule has 0 radical (unpaired) electrons. The van der Waals surface area contributed by atoms with E-state index in [1.165, 1.54) is 16.3 Å². The number of carbonyl (C=O) groups excluding carboxylic acids is 2. The summed E-state index contributed by atoms with van der Waals surface area (Å²) in [6, 6.07) is 13.4. The van der Waals surface area contributed by atoms with Crippen LogP contribution in [0.5, 0.6) is 11.5 Å². The van der Waals surface area contributed by atoms with E-state index in [0.717, 1.165) is 11.8 Å². The lowest BCUT2D eigenvalue weighted by atomic mass is 10.1. The fourth-order valence-electron chi connectivity index (χ4n) is 3.77. The molecule has 0 aromatic heterocycles. The van der Waals surface area contributed by atoms with Crippen LogP contribution < -0.4 is 19.1 Å². The van der Waals surface area contributed by atoms with Crippen LogP contribution in [0.2, 0.25) is 0 Å². The van der Waals surface area contributed by atoms with Crippen LogP contribution in [0, 0.1) is 0 Å². The van der Waals surface area contributed by atoms with Gasteiger partial charge in [0.05, 0.1) is 26.2 Å². The minimum atomic E-state index is -3.62. The molecular formula is C26H37N3O6S. The van der Waals surface area contributed by atoms with E-state index in [9.17, 15) is 18.0 Å². The highest BCUT2D eigenvalue weighted by Crippen LogP contribution is 2.29. The summed E-state index contributed by atoms with van der Waals surface area (Å²) >= 11 is 0. The summed E-state index contributed by atoms with van der Waals surface area (Å²) in [6.45, 7) is 5.70. The Hall–Kier alpha value is -3.27. The van der Waals surface area contributed by atoms with Crippen LogP contribution in [-0.4, -0.2) is 64.2 Å². The molecule has 2 aromatic rings. The van der Waals surface area contributed by atoms with Gasteiger partial charge in [-0.05, 0) is 57.0 Å². The molecule has 0 spiro atoms. The molecule has 0 heterocycles. The van der Waals surface area contributed by atoms with Crippen molar-refractivity contribution < 1.29 is 27.5 Å². The fourth-order valence-corrected chi connectivity index (χ4v) is 4.74. The zero-order valence-corrected chi connectivity index (χ0v) is 22.7. The molecule has 198 valence electrons. The van der Waals surface area contributed by atoms with Gasteiger partial charge < -0.3 is 19.7 Å². The number of anilines is 1. The lowest BCUT2D eigenvalue weighted by molar-refractivity contribution is -0.140. The Morgan fingerprint density at radius 3 is 2.31 bits per heavy atom. The molecule has 1 atom stereocenters. The van der Waals surface area contributed by atoms with Gasteiger partial charge in [0.2, 0.25) is 21.8 Å². The van der Waals surface area contributed by atoms with Gasteiger partial charge in [-0.2, -0.15) is 0 Å². The largest absolute Gasteiger partial charge is 0.497 e. The molecule has 2 amide bonds. The molecule has 0 bridgehead atoms. The van der Waals surface area contributed by atoms with E-state index in [1.54, 1.807) is 38.3 Å². The van der Waals surface area contributed by atoms with Crippen molar-refractivity contribution in [3.8, 4) is 11.5 Å². The lowest BCUT2D eigenvalue weighted by Crippen LogP contribution is -2.49. The van der Waals surface area contributed by atoms with Crippen LogP contribution in [0.15, 0.2) is 48.5 Å². The molecule has 9 nitrogen and oxygen atoms in total. The summed E-state index contributed by atoms with van der Waals surface area (Å²) in [5.41, 5.74) is 1.23. The molecule has 2 aromatic carbocycles. The average molecular weight is 520 g/mol. The second-order valence-corrected chi connectivity index (χ2v) is 10.7. The van der Waals surface area contributed by atoms with Crippen LogP contribution in [0.1, 0.15) is 39.2 Å². The topological polar surface area (TPSA) is 105 Å². The van der Waals surface area contributed by atoms with E-state index < -0.39 is 16.1 Å². The highest BCUT2D eigenvalue weighted by atomic mass is 32.2. The van der Waals surface area contributed by atoms with E-state index in [0.29, 0.717) is 17.2 Å². The first kappa shape index (κ1) is 29.0. The van der Waals surface area contributed by atoms with Crippen LogP contribution in [0.3, 0.4) is 0 Å². The van der Waals surface area contributed by atoms with Crippen molar-refractivity contribution in [2.24, 2.45) is 0 Å². The predicted octanol–water partition coefficient (Wildman–Crippen LogP) is 3.19. The molecule has 2 rings (SSSR count). The van der Waals surface area contributed by atoms with E-state index in [-0.39, 0.29) is 43.8 Å². The Morgan fingerprint density at radius 2 is 1.69 bits per heavy atom. The zero-order valence-electron chi connectivity index (χ0n) is 21.9. The second kappa shape index (κ2) is 13.2. The first-order chi connectivity index (χ1) is 17.0. The van der Waals surface area contributed by atoms with E-state index in [1.807, 2.05) is 38.1 Å². The molecule has 0 saturated heterocycles. The maximum absolute atomic E-state index is 13.3. The number of hydrogen-bond acceptors (Lipinski definition) is 6. The molecule has 36 heavy (non-hydrogen) atoms. The highest BCUT2D eigenvalue weighted by Gasteiger charge is 2.27. The summed E-state index contributed by atoms with van der Waals surface area (Å²) in [5, 5.41) is 2.86. The summed E-state index contributed by atoms with van der Waals surface area (Å²) in [6.07, 6.45) is 1.44. The van der Waals surface area contributed by atoms with Crippen molar-refractivity contribution in [1.82, 2.24) is 10.2 Å². The SMILES string of the molecule is COc1cccc(CN(C(=O)CCCN(c2ccccc2OC)S(C)(=O)=O)C(C)C(=O)NC(C)C)c1. The summed E-state index contributed by atoms with van der Waals surface area (Å²) in [5.74, 6) is 0.568. The molecule has 0 aliphatic heterocycles. The van der Waals surface area contributed by atoms with Gasteiger partial charge in [-0.25, -0.2) is 8.42 Å². The number of rotatable bonds is 13. The Balaban J connectivity index is 2.22. The van der Waals surface area contributed by atoms with Gasteiger partial charge in [-0.1, -0.05) is 24.3 Å². The van der Waals surface area contributed by atoms with Crippen molar-refractivity contribution in [1.29, 1.82) is 0 Å². The Labute approximate surface area is 214 Å². The number of nitrogens with one attached hydrogen (secondary N) is 1. The molecule has 1 N–H and O–H groups in total. The first-order valence-corrected chi connectivity index (χ1v) is 13.7. The third-order valence-electron chi connectivity index (χ3n) is 5.59. The van der Waals surface area contributed by atoms with Gasteiger partial charge in [0.15, 0.2) is 0 Å². The van der Waals surface area contributed by atoms with Gasteiger partial charge in [0, 0.05) is 25.6 Å². The lowest BCUT2D eigenvalue weighted by Gasteiger charge is -2.30. The molecule has 10 heteroatoms. The number of hydrogen-bond donors (Lipinski definition) is 1. The predicted molar refractivity (Wildman–Crippen MR) is 141 cm³/mol. The standard InChI is InChI=1S/C26H37N3O6S/c1-19(2)27-26(31)20(3)28(18-21-11-9-12-22(17-21)34-4)25(30)15-10-16-29(36(6,32)33)23-13-7-8-14-24(23)35-5/h7-9,11-14,17,19-20H,10,15-16,18H2,1-6H3,(H,27,31). The number of benzene rings is 2. The minimum Gasteiger partial charge on any atom is -0.497 e. The van der Waals surface area contributed by atoms with Crippen LogP contribution >= 0.6 is 0 Å². The van der Waals surface area contributed by atoms with E-state index in [2.05, 4.69) is 5.32 Å². The van der Waals surface area contributed by atoms with Crippen molar-refractivity contribution in [2.45, 2.75) is 52.2 Å². The average Bonchev–Trinajstić information content (AvgIpc) is 2.83. The van der Waals surface area contributed by atoms with Gasteiger partial charge in [0.1, 0.15) is 17.5 Å². The van der Waals surface area contributed by atoms with Crippen molar-refractivity contribution in [3.63, 3.8) is 0 Å². The number of carbonyl (C=O) groups is 2. The van der Waals surface area contributed by atoms with Crippen LogP contribution in [0.25, 0.3) is 0 Å². The smallest absolute Gasteiger partial charge is 0.242 e. The first-order valence-electron chi connectivity index (χ1n) is 11.8. The van der Waals surface area contributed by atoms with Gasteiger partial charge in [-0.15, -0.1) is 0 Å². The molecule has 1 unspecified atom stereocenters. The summed E-state index contributed by atoms with van der Waals surface area (Å²) < 4.78 is 36.9. The number of methoxy groups -OCH3 is 2. The monoisotopic (exact) mass is 519 g/mol. The van der Waals surface area contributed by atoms with Gasteiger partial charge in [0.25, 0.3) is 0 Å². The normalized spacial score (nSPS) is 12.1. The van der Waals surface area contributed by atoms with E-state index >= 15 is 0 Å². The minimum absolute atomic E-state index is 0.0600. The van der Waals surface area contributed by atoms with Crippen LogP contribution in [-0.2, 0) is 26.2 Å². The fraction of sp³-hybridized carbons (Fsp3) is 0.462. The van der Waals surface area contributed by atoms with Crippen molar-refractivity contribution in [2.75, 3.05) is 31.3 Å². The molecule has 0 aliphatic carbocycles. The number of amides is 2. The van der Waals surface area contributed by atoms with Crippen molar-refractivity contribution in [3.05, 3.63) is 54.1 Å². The number of ether oxygens (including phenoxy) is 2. The number of nitrogens with zero attached hydrogens (tertiary/aromatic N) is 2. The quantitative estimate of drug-likeness (QED) is 0.436. The van der Waals surface area contributed by atoms with Crippen LogP contribution in [0.4, 0.5) is 5.69 Å². The molecular weight excluding hydrogens is 482 g/mol. The van der Waals surface area contributed by atoms with Crippen molar-refractivity contribution >= 4 is 27.5 Å². The van der Waals surface area contributed by atoms with Gasteiger partial charge in [-0.3, -0.25) is 13.9 Å². The summed E-state index contributed by atoms with van der Waals surface area (Å²) in [7, 11) is -0.577. The maximum Gasteiger partial charge on any atom is 0.242 e. The van der Waals surface area contributed by atoms with E-state index in [4.69, 9.17) is 9.47 Å². The highest BCUT2D eigenvalue weighted by molar-refractivity contribution is 7.92. The third kappa shape index (κ3) is 8.15. The number of para-hydroxylation sites is 2. The Bertz CT molecular complexity index is 1140. The molecule has 0 saturated carbocycles. The Morgan fingerprint density at radius 1 is 1.00 bits per heavy atom. The second-order valence-electron chi connectivity index (χ2n) is 8.82. The maximum atomic E-state index is 13.3. The Kier molecular flexibility index (Phi) is 10.6. The molecule has 0 aliphatic rings. The van der Waals surface area contributed by atoms with Gasteiger partial charge >= 0.3 is 0 Å². The third-order valence-corrected chi connectivity index (χ3v) is 6.77. The number of sulfonamides is 1. The molecule has 0 fully saturated rings. The summed E-state index contributed by atoms with van der Waals surface area (Å²) in [4.78, 5) is 27.6.